The Bertz CT molecular complexity index is 1340. The lowest BCUT2D eigenvalue weighted by Gasteiger charge is -2.48. The van der Waals surface area contributed by atoms with E-state index in [4.69, 9.17) is 28.4 Å². The monoisotopic (exact) mass is 1040 g/mol. The van der Waals surface area contributed by atoms with Crippen molar-refractivity contribution >= 4 is 5.91 Å². The van der Waals surface area contributed by atoms with E-state index in [1.807, 2.05) is 0 Å². The van der Waals surface area contributed by atoms with Gasteiger partial charge < -0.3 is 89.9 Å². The fourth-order valence-electron chi connectivity index (χ4n) is 9.96. The van der Waals surface area contributed by atoms with Crippen LogP contribution in [0.4, 0.5) is 0 Å². The van der Waals surface area contributed by atoms with Gasteiger partial charge in [-0.1, -0.05) is 181 Å². The van der Waals surface area contributed by atoms with Crippen LogP contribution in [0.5, 0.6) is 0 Å². The molecule has 17 unspecified atom stereocenters. The molecule has 3 aliphatic heterocycles. The van der Waals surface area contributed by atoms with Crippen molar-refractivity contribution in [1.29, 1.82) is 0 Å². The van der Waals surface area contributed by atoms with Crippen molar-refractivity contribution in [3.63, 3.8) is 0 Å². The normalized spacial score (nSPS) is 31.9. The lowest BCUT2D eigenvalue weighted by Crippen LogP contribution is -2.66. The van der Waals surface area contributed by atoms with Gasteiger partial charge in [-0.25, -0.2) is 0 Å². The number of hydrogen-bond donors (Lipinski definition) is 12. The second-order valence-electron chi connectivity index (χ2n) is 20.8. The maximum atomic E-state index is 13.0. The molecule has 0 aromatic rings. The van der Waals surface area contributed by atoms with Crippen LogP contribution >= 0.6 is 0 Å². The van der Waals surface area contributed by atoms with Crippen LogP contribution in [-0.4, -0.2) is 193 Å². The highest BCUT2D eigenvalue weighted by atomic mass is 16.8. The Labute approximate surface area is 430 Å². The number of aliphatic hydroxyl groups excluding tert-OH is 11. The van der Waals surface area contributed by atoms with Gasteiger partial charge in [-0.05, 0) is 12.8 Å². The van der Waals surface area contributed by atoms with Gasteiger partial charge >= 0.3 is 0 Å². The topological polar surface area (TPSA) is 307 Å². The maximum Gasteiger partial charge on any atom is 0.220 e. The molecule has 12 N–H and O–H groups in total. The Morgan fingerprint density at radius 2 is 0.792 bits per heavy atom. The molecule has 19 heteroatoms. The molecule has 0 bridgehead atoms. The van der Waals surface area contributed by atoms with Gasteiger partial charge in [0.1, 0.15) is 73.2 Å². The summed E-state index contributed by atoms with van der Waals surface area (Å²) in [6, 6.07) is -0.876. The molecule has 0 aromatic heterocycles. The lowest BCUT2D eigenvalue weighted by molar-refractivity contribution is -0.379. The predicted molar refractivity (Wildman–Crippen MR) is 268 cm³/mol. The summed E-state index contributed by atoms with van der Waals surface area (Å²) in [7, 11) is 0. The number of carbonyl (C=O) groups is 1. The van der Waals surface area contributed by atoms with Gasteiger partial charge in [0.05, 0.1) is 38.6 Å². The summed E-state index contributed by atoms with van der Waals surface area (Å²) >= 11 is 0. The predicted octanol–water partition coefficient (Wildman–Crippen LogP) is 3.65. The minimum atomic E-state index is -1.97. The number of aliphatic hydroxyl groups is 11. The van der Waals surface area contributed by atoms with Gasteiger partial charge in [-0.15, -0.1) is 0 Å². The third-order valence-electron chi connectivity index (χ3n) is 14.7. The minimum absolute atomic E-state index is 0.259. The lowest BCUT2D eigenvalue weighted by atomic mass is 9.96. The quantitative estimate of drug-likeness (QED) is 0.0389. The SMILES string of the molecule is CCCCCCCCCCCCCCCCCCCCCCCCCC(O)C(COC1OC(CO)C(OC2OC(CO)C(OC3OC(CO)C(O)C(O)C3O)C(O)C2O)C(O)C1O)NC(=O)CCCCCC. The van der Waals surface area contributed by atoms with Crippen LogP contribution in [0.3, 0.4) is 0 Å². The van der Waals surface area contributed by atoms with Crippen LogP contribution in [0, 0.1) is 0 Å². The number of ether oxygens (including phenoxy) is 6. The second-order valence-corrected chi connectivity index (χ2v) is 20.8. The van der Waals surface area contributed by atoms with E-state index in [-0.39, 0.29) is 18.9 Å². The fraction of sp³-hybridized carbons (Fsp3) is 0.981. The first kappa shape index (κ1) is 65.1. The van der Waals surface area contributed by atoms with Crippen LogP contribution in [-0.2, 0) is 33.2 Å². The molecule has 3 fully saturated rings. The van der Waals surface area contributed by atoms with E-state index >= 15 is 0 Å². The van der Waals surface area contributed by atoms with Crippen molar-refractivity contribution in [3.05, 3.63) is 0 Å². The van der Waals surface area contributed by atoms with E-state index in [0.29, 0.717) is 12.8 Å². The van der Waals surface area contributed by atoms with Crippen LogP contribution in [0.25, 0.3) is 0 Å². The van der Waals surface area contributed by atoms with Crippen LogP contribution in [0.2, 0.25) is 0 Å². The van der Waals surface area contributed by atoms with Crippen molar-refractivity contribution in [3.8, 4) is 0 Å². The molecule has 72 heavy (non-hydrogen) atoms. The summed E-state index contributed by atoms with van der Waals surface area (Å²) in [5.74, 6) is -0.259. The summed E-state index contributed by atoms with van der Waals surface area (Å²) in [6.45, 7) is 1.65. The van der Waals surface area contributed by atoms with Gasteiger partial charge in [0.15, 0.2) is 18.9 Å². The zero-order valence-electron chi connectivity index (χ0n) is 43.9. The molecule has 1 amide bonds. The molecular weight excluding hydrogens is 939 g/mol. The van der Waals surface area contributed by atoms with Gasteiger partial charge in [0.2, 0.25) is 5.91 Å². The molecule has 19 nitrogen and oxygen atoms in total. The van der Waals surface area contributed by atoms with E-state index < -0.39 is 124 Å². The molecule has 0 aromatic carbocycles. The average Bonchev–Trinajstić information content (AvgIpc) is 3.38. The van der Waals surface area contributed by atoms with Gasteiger partial charge in [-0.3, -0.25) is 4.79 Å². The molecule has 17 atom stereocenters. The first-order valence-electron chi connectivity index (χ1n) is 28.3. The van der Waals surface area contributed by atoms with Crippen LogP contribution < -0.4 is 5.32 Å². The molecule has 0 radical (unpaired) electrons. The summed E-state index contributed by atoms with van der Waals surface area (Å²) < 4.78 is 34.1. The van der Waals surface area contributed by atoms with Gasteiger partial charge in [0.25, 0.3) is 0 Å². The molecule has 0 saturated carbocycles. The Hall–Kier alpha value is -1.21. The molecule has 0 spiro atoms. The largest absolute Gasteiger partial charge is 0.394 e. The highest BCUT2D eigenvalue weighted by Crippen LogP contribution is 2.33. The van der Waals surface area contributed by atoms with E-state index in [2.05, 4.69) is 19.2 Å². The maximum absolute atomic E-state index is 13.0. The second kappa shape index (κ2) is 38.4. The first-order valence-corrected chi connectivity index (χ1v) is 28.3. The Morgan fingerprint density at radius 3 is 1.21 bits per heavy atom. The zero-order valence-corrected chi connectivity index (χ0v) is 43.9. The third-order valence-corrected chi connectivity index (χ3v) is 14.7. The number of carbonyl (C=O) groups excluding carboxylic acids is 1. The summed E-state index contributed by atoms with van der Waals surface area (Å²) in [5.41, 5.74) is 0. The highest BCUT2D eigenvalue weighted by molar-refractivity contribution is 5.76. The van der Waals surface area contributed by atoms with Crippen molar-refractivity contribution in [2.75, 3.05) is 26.4 Å². The number of rotatable bonds is 41. The van der Waals surface area contributed by atoms with Gasteiger partial charge in [-0.2, -0.15) is 0 Å². The number of hydrogen-bond acceptors (Lipinski definition) is 18. The Kier molecular flexibility index (Phi) is 34.7. The van der Waals surface area contributed by atoms with Crippen molar-refractivity contribution in [1.82, 2.24) is 5.32 Å². The van der Waals surface area contributed by atoms with Crippen molar-refractivity contribution in [2.24, 2.45) is 0 Å². The molecule has 426 valence electrons. The average molecular weight is 1040 g/mol. The molecule has 0 aliphatic carbocycles. The molecule has 3 saturated heterocycles. The summed E-state index contributed by atoms with van der Waals surface area (Å²) in [5, 5.41) is 119. The molecular formula is C53H101NO18. The number of amides is 1. The van der Waals surface area contributed by atoms with Crippen LogP contribution in [0.1, 0.15) is 200 Å². The van der Waals surface area contributed by atoms with Crippen molar-refractivity contribution in [2.45, 2.75) is 304 Å². The summed E-state index contributed by atoms with van der Waals surface area (Å²) in [4.78, 5) is 13.0. The molecule has 3 rings (SSSR count). The third kappa shape index (κ3) is 23.2. The fourth-order valence-corrected chi connectivity index (χ4v) is 9.96. The first-order chi connectivity index (χ1) is 34.8. The number of nitrogens with one attached hydrogen (secondary N) is 1. The number of unbranched alkanes of at least 4 members (excludes halogenated alkanes) is 25. The Morgan fingerprint density at radius 1 is 0.444 bits per heavy atom. The van der Waals surface area contributed by atoms with Crippen LogP contribution in [0.15, 0.2) is 0 Å². The molecule has 3 aliphatic rings. The van der Waals surface area contributed by atoms with E-state index in [0.717, 1.165) is 44.9 Å². The minimum Gasteiger partial charge on any atom is -0.394 e. The Balaban J connectivity index is 1.40. The highest BCUT2D eigenvalue weighted by Gasteiger charge is 2.53. The smallest absolute Gasteiger partial charge is 0.220 e. The van der Waals surface area contributed by atoms with E-state index in [9.17, 15) is 61.0 Å². The van der Waals surface area contributed by atoms with E-state index in [1.165, 1.54) is 122 Å². The standard InChI is InChI=1S/C53H101NO18/c1-3-5-7-9-10-11-12-13-14-15-16-17-18-19-20-21-22-23-24-25-26-27-28-30-37(58)36(54-41(59)31-29-8-6-4-2)35-67-51-47(65)44(62)49(39(33-56)69-51)72-53-48(66)45(63)50(40(34-57)70-53)71-52-46(64)43(61)42(60)38(32-55)68-52/h36-40,42-53,55-58,60-66H,3-35H2,1-2H3,(H,54,59). The van der Waals surface area contributed by atoms with Crippen molar-refractivity contribution < 1.29 is 89.4 Å². The summed E-state index contributed by atoms with van der Waals surface area (Å²) in [6.07, 6.45) is 7.26. The van der Waals surface area contributed by atoms with E-state index in [1.54, 1.807) is 0 Å². The van der Waals surface area contributed by atoms with Gasteiger partial charge in [0, 0.05) is 6.42 Å². The molecule has 3 heterocycles. The zero-order chi connectivity index (χ0) is 52.7.